The molecule has 20 heavy (non-hydrogen) atoms. The molecule has 0 radical (unpaired) electrons. The Kier molecular flexibility index (Phi) is 14.3. The van der Waals surface area contributed by atoms with Gasteiger partial charge in [0.05, 0.1) is 32.0 Å². The Hall–Kier alpha value is -0.720. The number of carbonyl (C=O) groups excluding carboxylic acids is 1. The second-order valence-corrected chi connectivity index (χ2v) is 4.57. The Balaban J connectivity index is 0. The first kappa shape index (κ1) is 21.6. The Morgan fingerprint density at radius 3 is 2.35 bits per heavy atom. The number of nitrogens with one attached hydrogen (secondary N) is 2. The Labute approximate surface area is 122 Å². The molecule has 0 aromatic carbocycles. The number of rotatable bonds is 10. The van der Waals surface area contributed by atoms with Gasteiger partial charge >= 0.3 is 0 Å². The maximum atomic E-state index is 13.8. The first-order valence-corrected chi connectivity index (χ1v) is 7.15. The number of carbonyl (C=O) groups is 1. The number of hydrogen-bond acceptors (Lipinski definition) is 4. The standard InChI is InChI=1S/C12H25FN2O3.C2H6/c1-10(16)15-9-11(13)12(2,3)18-8-7-17-6-5-14-4;1-2/h11,14H,5-9H2,1-4H3,(H,15,16);1-2H3. The fourth-order valence-corrected chi connectivity index (χ4v) is 1.21. The third-order valence-electron chi connectivity index (χ3n) is 2.48. The average Bonchev–Trinajstić information content (AvgIpc) is 2.42. The van der Waals surface area contributed by atoms with Gasteiger partial charge in [-0.25, -0.2) is 4.39 Å². The van der Waals surface area contributed by atoms with Crippen LogP contribution in [0.2, 0.25) is 0 Å². The highest BCUT2D eigenvalue weighted by atomic mass is 19.1. The monoisotopic (exact) mass is 294 g/mol. The van der Waals surface area contributed by atoms with Crippen molar-refractivity contribution in [2.75, 3.05) is 40.0 Å². The molecule has 0 spiro atoms. The van der Waals surface area contributed by atoms with Gasteiger partial charge in [-0.1, -0.05) is 13.8 Å². The maximum Gasteiger partial charge on any atom is 0.216 e. The first-order chi connectivity index (χ1) is 9.40. The molecule has 6 heteroatoms. The van der Waals surface area contributed by atoms with E-state index in [4.69, 9.17) is 9.47 Å². The van der Waals surface area contributed by atoms with Crippen molar-refractivity contribution in [1.82, 2.24) is 10.6 Å². The lowest BCUT2D eigenvalue weighted by Gasteiger charge is -2.29. The van der Waals surface area contributed by atoms with Crippen LogP contribution < -0.4 is 10.6 Å². The molecule has 0 bridgehead atoms. The molecule has 5 nitrogen and oxygen atoms in total. The van der Waals surface area contributed by atoms with E-state index in [1.165, 1.54) is 6.92 Å². The minimum Gasteiger partial charge on any atom is -0.378 e. The van der Waals surface area contributed by atoms with Gasteiger partial charge < -0.3 is 20.1 Å². The summed E-state index contributed by atoms with van der Waals surface area (Å²) in [5, 5.41) is 5.39. The molecule has 1 atom stereocenters. The lowest BCUT2D eigenvalue weighted by atomic mass is 10.0. The van der Waals surface area contributed by atoms with Gasteiger partial charge in [-0.3, -0.25) is 4.79 Å². The highest BCUT2D eigenvalue weighted by Gasteiger charge is 2.30. The van der Waals surface area contributed by atoms with Crippen LogP contribution in [0.4, 0.5) is 4.39 Å². The van der Waals surface area contributed by atoms with E-state index < -0.39 is 11.8 Å². The van der Waals surface area contributed by atoms with Gasteiger partial charge in [0, 0.05) is 13.5 Å². The van der Waals surface area contributed by atoms with Crippen molar-refractivity contribution in [3.05, 3.63) is 0 Å². The minimum atomic E-state index is -1.25. The molecule has 2 N–H and O–H groups in total. The van der Waals surface area contributed by atoms with Gasteiger partial charge in [0.2, 0.25) is 5.91 Å². The summed E-state index contributed by atoms with van der Waals surface area (Å²) in [5.74, 6) is -0.246. The van der Waals surface area contributed by atoms with Crippen molar-refractivity contribution >= 4 is 5.91 Å². The molecule has 0 heterocycles. The van der Waals surface area contributed by atoms with Crippen molar-refractivity contribution in [1.29, 1.82) is 0 Å². The van der Waals surface area contributed by atoms with Crippen molar-refractivity contribution in [3.63, 3.8) is 0 Å². The van der Waals surface area contributed by atoms with Gasteiger partial charge in [0.25, 0.3) is 0 Å². The molecule has 0 saturated heterocycles. The summed E-state index contributed by atoms with van der Waals surface area (Å²) in [6.45, 7) is 10.8. The van der Waals surface area contributed by atoms with Crippen LogP contribution in [0, 0.1) is 0 Å². The van der Waals surface area contributed by atoms with E-state index in [-0.39, 0.29) is 12.5 Å². The van der Waals surface area contributed by atoms with Crippen LogP contribution in [0.15, 0.2) is 0 Å². The van der Waals surface area contributed by atoms with Crippen molar-refractivity contribution in [2.24, 2.45) is 0 Å². The van der Waals surface area contributed by atoms with Crippen LogP contribution in [0.1, 0.15) is 34.6 Å². The molecule has 0 aliphatic carbocycles. The summed E-state index contributed by atoms with van der Waals surface area (Å²) < 4.78 is 24.5. The number of alkyl halides is 1. The Bertz CT molecular complexity index is 238. The third-order valence-corrected chi connectivity index (χ3v) is 2.48. The van der Waals surface area contributed by atoms with Crippen molar-refractivity contribution in [2.45, 2.75) is 46.4 Å². The summed E-state index contributed by atoms with van der Waals surface area (Å²) in [4.78, 5) is 10.7. The quantitative estimate of drug-likeness (QED) is 0.600. The van der Waals surface area contributed by atoms with Gasteiger partial charge in [-0.05, 0) is 20.9 Å². The van der Waals surface area contributed by atoms with E-state index in [9.17, 15) is 9.18 Å². The van der Waals surface area contributed by atoms with E-state index >= 15 is 0 Å². The first-order valence-electron chi connectivity index (χ1n) is 7.15. The highest BCUT2D eigenvalue weighted by molar-refractivity contribution is 5.72. The summed E-state index contributed by atoms with van der Waals surface area (Å²) in [5.41, 5.74) is -0.936. The Morgan fingerprint density at radius 1 is 1.25 bits per heavy atom. The summed E-state index contributed by atoms with van der Waals surface area (Å²) >= 11 is 0. The van der Waals surface area contributed by atoms with Gasteiger partial charge in [0.15, 0.2) is 0 Å². The lowest BCUT2D eigenvalue weighted by molar-refractivity contribution is -0.120. The smallest absolute Gasteiger partial charge is 0.216 e. The zero-order chi connectivity index (χ0) is 16.0. The molecular weight excluding hydrogens is 263 g/mol. The predicted molar refractivity (Wildman–Crippen MR) is 79.7 cm³/mol. The SMILES string of the molecule is CC.CNCCOCCOC(C)(C)C(F)CNC(C)=O. The molecule has 0 fully saturated rings. The van der Waals surface area contributed by atoms with Gasteiger partial charge in [0.1, 0.15) is 6.17 Å². The number of ether oxygens (including phenoxy) is 2. The van der Waals surface area contributed by atoms with Gasteiger partial charge in [-0.2, -0.15) is 0 Å². The fraction of sp³-hybridized carbons (Fsp3) is 0.929. The summed E-state index contributed by atoms with van der Waals surface area (Å²) in [7, 11) is 1.85. The molecule has 122 valence electrons. The van der Waals surface area contributed by atoms with Crippen molar-refractivity contribution < 1.29 is 18.7 Å². The zero-order valence-electron chi connectivity index (χ0n) is 13.7. The van der Waals surface area contributed by atoms with E-state index in [2.05, 4.69) is 10.6 Å². The van der Waals surface area contributed by atoms with Gasteiger partial charge in [-0.15, -0.1) is 0 Å². The molecule has 0 aliphatic rings. The molecule has 0 saturated carbocycles. The second kappa shape index (κ2) is 13.3. The van der Waals surface area contributed by atoms with Crippen LogP contribution in [0.5, 0.6) is 0 Å². The molecule has 0 aromatic heterocycles. The normalized spacial score (nSPS) is 12.3. The van der Waals surface area contributed by atoms with E-state index in [1.807, 2.05) is 20.9 Å². The highest BCUT2D eigenvalue weighted by Crippen LogP contribution is 2.17. The molecule has 0 aliphatic heterocycles. The maximum absolute atomic E-state index is 13.8. The molecule has 1 amide bonds. The van der Waals surface area contributed by atoms with Crippen LogP contribution >= 0.6 is 0 Å². The Morgan fingerprint density at radius 2 is 1.85 bits per heavy atom. The summed E-state index contributed by atoms with van der Waals surface area (Å²) in [6, 6.07) is 0. The molecule has 0 rings (SSSR count). The zero-order valence-corrected chi connectivity index (χ0v) is 13.7. The molecule has 1 unspecified atom stereocenters. The third kappa shape index (κ3) is 12.3. The molecule has 0 aromatic rings. The number of hydrogen-bond donors (Lipinski definition) is 2. The number of amides is 1. The van der Waals surface area contributed by atoms with Crippen molar-refractivity contribution in [3.8, 4) is 0 Å². The van der Waals surface area contributed by atoms with E-state index in [0.29, 0.717) is 19.8 Å². The average molecular weight is 294 g/mol. The van der Waals surface area contributed by atoms with E-state index in [0.717, 1.165) is 6.54 Å². The topological polar surface area (TPSA) is 59.6 Å². The predicted octanol–water partition coefficient (Wildman–Crippen LogP) is 1.52. The lowest BCUT2D eigenvalue weighted by Crippen LogP contribution is -2.44. The fourth-order valence-electron chi connectivity index (χ4n) is 1.21. The van der Waals surface area contributed by atoms with E-state index in [1.54, 1.807) is 13.8 Å². The van der Waals surface area contributed by atoms with Crippen LogP contribution in [-0.4, -0.2) is 57.6 Å². The number of likely N-dealkylation sites (N-methyl/N-ethyl adjacent to an activating group) is 1. The van der Waals surface area contributed by atoms with Crippen LogP contribution in [0.3, 0.4) is 0 Å². The van der Waals surface area contributed by atoms with Crippen LogP contribution in [-0.2, 0) is 14.3 Å². The minimum absolute atomic E-state index is 0.0387. The second-order valence-electron chi connectivity index (χ2n) is 4.57. The largest absolute Gasteiger partial charge is 0.378 e. The summed E-state index contributed by atoms with van der Waals surface area (Å²) in [6.07, 6.45) is -1.25. The van der Waals surface area contributed by atoms with Crippen LogP contribution in [0.25, 0.3) is 0 Å². The number of halogens is 1. The molecular formula is C14H31FN2O3.